The van der Waals surface area contributed by atoms with Crippen LogP contribution in [0.25, 0.3) is 5.69 Å². The number of hydrogen-bond donors (Lipinski definition) is 0. The van der Waals surface area contributed by atoms with Crippen molar-refractivity contribution in [3.8, 4) is 5.69 Å². The summed E-state index contributed by atoms with van der Waals surface area (Å²) >= 11 is 1.43. The fourth-order valence-corrected chi connectivity index (χ4v) is 3.42. The van der Waals surface area contributed by atoms with E-state index < -0.39 is 0 Å². The first-order chi connectivity index (χ1) is 13.3. The van der Waals surface area contributed by atoms with Crippen molar-refractivity contribution in [1.29, 1.82) is 0 Å². The van der Waals surface area contributed by atoms with Crippen LogP contribution in [0.15, 0.2) is 70.3 Å². The van der Waals surface area contributed by atoms with Gasteiger partial charge in [0.1, 0.15) is 0 Å². The molecule has 1 unspecified atom stereocenters. The van der Waals surface area contributed by atoms with Gasteiger partial charge in [0.2, 0.25) is 5.89 Å². The highest BCUT2D eigenvalue weighted by Crippen LogP contribution is 2.24. The molecule has 27 heavy (non-hydrogen) atoms. The summed E-state index contributed by atoms with van der Waals surface area (Å²) in [6.07, 6.45) is 0.708. The number of aromatic nitrogens is 6. The van der Waals surface area contributed by atoms with Gasteiger partial charge in [-0.15, -0.1) is 15.3 Å². The number of tetrazole rings is 1. The molecule has 0 saturated heterocycles. The van der Waals surface area contributed by atoms with E-state index in [4.69, 9.17) is 4.42 Å². The first-order valence-electron chi connectivity index (χ1n) is 8.62. The van der Waals surface area contributed by atoms with E-state index >= 15 is 0 Å². The zero-order valence-corrected chi connectivity index (χ0v) is 15.6. The van der Waals surface area contributed by atoms with Gasteiger partial charge in [-0.25, -0.2) is 0 Å². The van der Waals surface area contributed by atoms with Crippen LogP contribution in [0.3, 0.4) is 0 Å². The maximum Gasteiger partial charge on any atom is 0.277 e. The van der Waals surface area contributed by atoms with Crippen molar-refractivity contribution in [3.05, 3.63) is 77.9 Å². The standard InChI is InChI=1S/C19H18N6OS/c1-14(15-8-4-2-5-9-15)12-18-21-22-19(26-18)27-13-17-20-23-24-25(17)16-10-6-3-7-11-16/h2-11,14H,12-13H2,1H3. The van der Waals surface area contributed by atoms with Crippen molar-refractivity contribution >= 4 is 11.8 Å². The molecule has 136 valence electrons. The zero-order chi connectivity index (χ0) is 18.5. The van der Waals surface area contributed by atoms with Crippen LogP contribution >= 0.6 is 11.8 Å². The molecule has 2 aromatic heterocycles. The lowest BCUT2D eigenvalue weighted by Gasteiger charge is -2.08. The van der Waals surface area contributed by atoms with Crippen LogP contribution in [0.1, 0.15) is 30.1 Å². The number of nitrogens with zero attached hydrogens (tertiary/aromatic N) is 6. The molecule has 8 heteroatoms. The van der Waals surface area contributed by atoms with Gasteiger partial charge in [-0.3, -0.25) is 0 Å². The summed E-state index contributed by atoms with van der Waals surface area (Å²) in [5, 5.41) is 20.7. The van der Waals surface area contributed by atoms with Crippen LogP contribution in [0.2, 0.25) is 0 Å². The van der Waals surface area contributed by atoms with Crippen LogP contribution < -0.4 is 0 Å². The zero-order valence-electron chi connectivity index (χ0n) is 14.8. The van der Waals surface area contributed by atoms with E-state index in [9.17, 15) is 0 Å². The second-order valence-corrected chi connectivity index (χ2v) is 7.04. The second-order valence-electron chi connectivity index (χ2n) is 6.11. The number of rotatable bonds is 7. The number of para-hydroxylation sites is 1. The van der Waals surface area contributed by atoms with Crippen molar-refractivity contribution in [2.24, 2.45) is 0 Å². The number of hydrogen-bond acceptors (Lipinski definition) is 7. The highest BCUT2D eigenvalue weighted by atomic mass is 32.2. The first-order valence-corrected chi connectivity index (χ1v) is 9.61. The largest absolute Gasteiger partial charge is 0.416 e. The summed E-state index contributed by atoms with van der Waals surface area (Å²) < 4.78 is 7.49. The third-order valence-corrected chi connectivity index (χ3v) is 4.97. The van der Waals surface area contributed by atoms with Crippen molar-refractivity contribution < 1.29 is 4.42 Å². The Bertz CT molecular complexity index is 986. The molecule has 0 aliphatic rings. The molecule has 4 rings (SSSR count). The van der Waals surface area contributed by atoms with E-state index in [-0.39, 0.29) is 0 Å². The molecule has 0 spiro atoms. The summed E-state index contributed by atoms with van der Waals surface area (Å²) in [4.78, 5) is 0. The molecule has 0 aliphatic carbocycles. The molecule has 0 bridgehead atoms. The van der Waals surface area contributed by atoms with Crippen LogP contribution in [0.5, 0.6) is 0 Å². The van der Waals surface area contributed by atoms with Crippen molar-refractivity contribution in [2.75, 3.05) is 0 Å². The van der Waals surface area contributed by atoms with Crippen molar-refractivity contribution in [1.82, 2.24) is 30.4 Å². The molecule has 1 atom stereocenters. The van der Waals surface area contributed by atoms with Crippen LogP contribution in [0, 0.1) is 0 Å². The Labute approximate surface area is 160 Å². The van der Waals surface area contributed by atoms with E-state index in [0.717, 1.165) is 11.5 Å². The van der Waals surface area contributed by atoms with Crippen molar-refractivity contribution in [3.63, 3.8) is 0 Å². The first kappa shape index (κ1) is 17.4. The quantitative estimate of drug-likeness (QED) is 0.454. The third kappa shape index (κ3) is 4.22. The van der Waals surface area contributed by atoms with Gasteiger partial charge >= 0.3 is 0 Å². The molecule has 0 amide bonds. The summed E-state index contributed by atoms with van der Waals surface area (Å²) in [5.74, 6) is 2.22. The molecular weight excluding hydrogens is 360 g/mol. The number of benzene rings is 2. The Morgan fingerprint density at radius 2 is 1.70 bits per heavy atom. The van der Waals surface area contributed by atoms with Gasteiger partial charge in [0.05, 0.1) is 11.4 Å². The average Bonchev–Trinajstić information content (AvgIpc) is 3.37. The maximum atomic E-state index is 5.78. The lowest BCUT2D eigenvalue weighted by atomic mass is 9.98. The normalized spacial score (nSPS) is 12.2. The molecular formula is C19H18N6OS. The minimum atomic E-state index is 0.315. The fraction of sp³-hybridized carbons (Fsp3) is 0.211. The molecule has 0 aliphatic heterocycles. The van der Waals surface area contributed by atoms with E-state index in [0.29, 0.717) is 29.2 Å². The maximum absolute atomic E-state index is 5.78. The SMILES string of the molecule is CC(Cc1nnc(SCc2nnnn2-c2ccccc2)o1)c1ccccc1. The molecule has 2 aromatic carbocycles. The Morgan fingerprint density at radius 3 is 2.48 bits per heavy atom. The van der Waals surface area contributed by atoms with E-state index in [1.807, 2.05) is 48.5 Å². The Balaban J connectivity index is 1.39. The Hall–Kier alpha value is -3.00. The minimum Gasteiger partial charge on any atom is -0.416 e. The van der Waals surface area contributed by atoms with Gasteiger partial charge in [0.25, 0.3) is 5.22 Å². The summed E-state index contributed by atoms with van der Waals surface area (Å²) in [6.45, 7) is 2.15. The van der Waals surface area contributed by atoms with Gasteiger partial charge < -0.3 is 4.42 Å². The van der Waals surface area contributed by atoms with Crippen LogP contribution in [0.4, 0.5) is 0 Å². The number of thioether (sulfide) groups is 1. The third-order valence-electron chi connectivity index (χ3n) is 4.16. The van der Waals surface area contributed by atoms with Crippen molar-refractivity contribution in [2.45, 2.75) is 30.2 Å². The topological polar surface area (TPSA) is 82.5 Å². The average molecular weight is 378 g/mol. The van der Waals surface area contributed by atoms with Gasteiger partial charge in [0, 0.05) is 6.42 Å². The van der Waals surface area contributed by atoms with Crippen LogP contribution in [-0.4, -0.2) is 30.4 Å². The lowest BCUT2D eigenvalue weighted by molar-refractivity contribution is 0.404. The molecule has 0 radical (unpaired) electrons. The molecule has 0 N–H and O–H groups in total. The van der Waals surface area contributed by atoms with E-state index in [2.05, 4.69) is 44.8 Å². The van der Waals surface area contributed by atoms with E-state index in [1.165, 1.54) is 17.3 Å². The lowest BCUT2D eigenvalue weighted by Crippen LogP contribution is -2.01. The predicted octanol–water partition coefficient (Wildman–Crippen LogP) is 3.68. The molecule has 0 fully saturated rings. The van der Waals surface area contributed by atoms with E-state index in [1.54, 1.807) is 4.68 Å². The van der Waals surface area contributed by atoms with Crippen LogP contribution in [-0.2, 0) is 12.2 Å². The summed E-state index contributed by atoms with van der Waals surface area (Å²) in [7, 11) is 0. The minimum absolute atomic E-state index is 0.315. The predicted molar refractivity (Wildman–Crippen MR) is 102 cm³/mol. The van der Waals surface area contributed by atoms with Gasteiger partial charge in [0.15, 0.2) is 5.82 Å². The highest BCUT2D eigenvalue weighted by molar-refractivity contribution is 7.98. The smallest absolute Gasteiger partial charge is 0.277 e. The Kier molecular flexibility index (Phi) is 5.24. The Morgan fingerprint density at radius 1 is 0.963 bits per heavy atom. The fourth-order valence-electron chi connectivity index (χ4n) is 2.73. The summed E-state index contributed by atoms with van der Waals surface area (Å²) in [6, 6.07) is 20.1. The highest BCUT2D eigenvalue weighted by Gasteiger charge is 2.14. The second kappa shape index (κ2) is 8.13. The molecule has 7 nitrogen and oxygen atoms in total. The molecule has 0 saturated carbocycles. The molecule has 2 heterocycles. The van der Waals surface area contributed by atoms with Gasteiger partial charge in [-0.1, -0.05) is 67.2 Å². The van der Waals surface area contributed by atoms with Gasteiger partial charge in [-0.2, -0.15) is 4.68 Å². The van der Waals surface area contributed by atoms with Gasteiger partial charge in [-0.05, 0) is 34.0 Å². The monoisotopic (exact) mass is 378 g/mol. The summed E-state index contributed by atoms with van der Waals surface area (Å²) in [5.41, 5.74) is 2.17. The molecule has 4 aromatic rings.